The van der Waals surface area contributed by atoms with Gasteiger partial charge in [-0.3, -0.25) is 0 Å². The van der Waals surface area contributed by atoms with Crippen LogP contribution in [0.4, 0.5) is 4.79 Å². The summed E-state index contributed by atoms with van der Waals surface area (Å²) in [6.07, 6.45) is 0.252. The number of nitrogens with zero attached hydrogens (tertiary/aromatic N) is 4. The molecule has 1 fully saturated rings. The van der Waals surface area contributed by atoms with Crippen LogP contribution in [-0.4, -0.2) is 35.5 Å². The van der Waals surface area contributed by atoms with Crippen LogP contribution >= 0.6 is 0 Å². The molecule has 1 aromatic rings. The number of carbonyl (C=O) groups is 1. The van der Waals surface area contributed by atoms with Crippen molar-refractivity contribution in [3.8, 4) is 6.07 Å². The molecule has 20 heavy (non-hydrogen) atoms. The van der Waals surface area contributed by atoms with Crippen molar-refractivity contribution in [2.75, 3.05) is 19.8 Å². The van der Waals surface area contributed by atoms with Crippen molar-refractivity contribution < 1.29 is 19.0 Å². The minimum absolute atomic E-state index is 0.0113. The third-order valence-electron chi connectivity index (χ3n) is 2.55. The standard InChI is InChI=1S/C12H14N4O4/c1-3-18-12(17)15-10-8(6-13)14-9(7-16(10)2)11-19-4-5-20-11/h7,11H,3-5H2,1-2H3/b15-10-. The first kappa shape index (κ1) is 14.2. The molecule has 0 aromatic carbocycles. The minimum atomic E-state index is -0.762. The molecule has 2 heterocycles. The Morgan fingerprint density at radius 2 is 2.35 bits per heavy atom. The van der Waals surface area contributed by atoms with E-state index in [-0.39, 0.29) is 17.8 Å². The predicted octanol–water partition coefficient (Wildman–Crippen LogP) is 0.394. The van der Waals surface area contributed by atoms with Gasteiger partial charge in [-0.15, -0.1) is 0 Å². The van der Waals surface area contributed by atoms with Gasteiger partial charge < -0.3 is 18.8 Å². The van der Waals surface area contributed by atoms with Crippen LogP contribution in [0.1, 0.15) is 24.6 Å². The number of hydrogen-bond donors (Lipinski definition) is 0. The van der Waals surface area contributed by atoms with Crippen molar-refractivity contribution >= 4 is 6.09 Å². The van der Waals surface area contributed by atoms with Crippen LogP contribution in [-0.2, 0) is 21.3 Å². The molecule has 0 bridgehead atoms. The Hall–Kier alpha value is -2.24. The van der Waals surface area contributed by atoms with Crippen molar-refractivity contribution in [2.45, 2.75) is 13.2 Å². The quantitative estimate of drug-likeness (QED) is 0.776. The summed E-state index contributed by atoms with van der Waals surface area (Å²) in [6.45, 7) is 2.84. The Labute approximate surface area is 115 Å². The molecule has 8 heteroatoms. The molecule has 0 unspecified atom stereocenters. The van der Waals surface area contributed by atoms with Crippen LogP contribution in [0.15, 0.2) is 11.2 Å². The summed E-state index contributed by atoms with van der Waals surface area (Å²) >= 11 is 0. The molecule has 0 atom stereocenters. The van der Waals surface area contributed by atoms with E-state index in [1.165, 1.54) is 4.57 Å². The lowest BCUT2D eigenvalue weighted by Gasteiger charge is -2.10. The molecule has 1 aliphatic rings. The summed E-state index contributed by atoms with van der Waals surface area (Å²) in [5, 5.41) is 9.13. The second kappa shape index (κ2) is 6.27. The lowest BCUT2D eigenvalue weighted by atomic mass is 10.4. The van der Waals surface area contributed by atoms with Gasteiger partial charge in [0.15, 0.2) is 11.2 Å². The Morgan fingerprint density at radius 3 is 2.95 bits per heavy atom. The predicted molar refractivity (Wildman–Crippen MR) is 65.2 cm³/mol. The van der Waals surface area contributed by atoms with Gasteiger partial charge in [-0.1, -0.05) is 0 Å². The molecule has 8 nitrogen and oxygen atoms in total. The molecular formula is C12H14N4O4. The van der Waals surface area contributed by atoms with Gasteiger partial charge in [-0.05, 0) is 6.92 Å². The fraction of sp³-hybridized carbons (Fsp3) is 0.500. The maximum absolute atomic E-state index is 11.4. The van der Waals surface area contributed by atoms with Crippen LogP contribution < -0.4 is 5.49 Å². The maximum Gasteiger partial charge on any atom is 0.435 e. The Balaban J connectivity index is 2.43. The van der Waals surface area contributed by atoms with Crippen LogP contribution in [0.25, 0.3) is 0 Å². The maximum atomic E-state index is 11.4. The summed E-state index contributed by atoms with van der Waals surface area (Å²) in [5.41, 5.74) is 0.606. The monoisotopic (exact) mass is 278 g/mol. The normalized spacial score (nSPS) is 16.1. The summed E-state index contributed by atoms with van der Waals surface area (Å²) < 4.78 is 16.9. The van der Waals surface area contributed by atoms with E-state index in [4.69, 9.17) is 19.5 Å². The van der Waals surface area contributed by atoms with E-state index in [2.05, 4.69) is 9.98 Å². The van der Waals surface area contributed by atoms with E-state index in [1.54, 1.807) is 20.2 Å². The number of ether oxygens (including phenoxy) is 3. The topological polar surface area (TPSA) is 98.7 Å². The van der Waals surface area contributed by atoms with Crippen molar-refractivity contribution in [1.29, 1.82) is 5.26 Å². The minimum Gasteiger partial charge on any atom is -0.448 e. The van der Waals surface area contributed by atoms with Gasteiger partial charge in [0.1, 0.15) is 11.8 Å². The van der Waals surface area contributed by atoms with E-state index in [9.17, 15) is 4.79 Å². The molecule has 1 aliphatic heterocycles. The third kappa shape index (κ3) is 3.01. The van der Waals surface area contributed by atoms with Gasteiger partial charge in [-0.25, -0.2) is 9.78 Å². The lowest BCUT2D eigenvalue weighted by Crippen LogP contribution is -2.26. The van der Waals surface area contributed by atoms with Crippen molar-refractivity contribution in [3.63, 3.8) is 0 Å². The molecule has 0 spiro atoms. The lowest BCUT2D eigenvalue weighted by molar-refractivity contribution is -0.0478. The average molecular weight is 278 g/mol. The van der Waals surface area contributed by atoms with Crippen molar-refractivity contribution in [3.05, 3.63) is 23.1 Å². The van der Waals surface area contributed by atoms with Crippen LogP contribution in [0.3, 0.4) is 0 Å². The molecule has 1 amide bonds. The number of rotatable bonds is 2. The van der Waals surface area contributed by atoms with Gasteiger partial charge in [0.05, 0.1) is 19.8 Å². The van der Waals surface area contributed by atoms with Gasteiger partial charge in [0, 0.05) is 13.2 Å². The molecule has 106 valence electrons. The summed E-state index contributed by atoms with van der Waals surface area (Å²) in [7, 11) is 1.65. The highest BCUT2D eigenvalue weighted by Crippen LogP contribution is 2.20. The fourth-order valence-electron chi connectivity index (χ4n) is 1.73. The Bertz CT molecular complexity index is 611. The fourth-order valence-corrected chi connectivity index (χ4v) is 1.73. The first-order valence-electron chi connectivity index (χ1n) is 6.08. The van der Waals surface area contributed by atoms with E-state index in [0.717, 1.165) is 0 Å². The van der Waals surface area contributed by atoms with Crippen molar-refractivity contribution in [1.82, 2.24) is 9.55 Å². The molecule has 2 rings (SSSR count). The van der Waals surface area contributed by atoms with Gasteiger partial charge in [0.25, 0.3) is 0 Å². The molecule has 0 radical (unpaired) electrons. The molecule has 1 aromatic heterocycles. The summed E-state index contributed by atoms with van der Waals surface area (Å²) in [4.78, 5) is 19.2. The van der Waals surface area contributed by atoms with Gasteiger partial charge >= 0.3 is 6.09 Å². The van der Waals surface area contributed by atoms with E-state index < -0.39 is 12.4 Å². The largest absolute Gasteiger partial charge is 0.448 e. The van der Waals surface area contributed by atoms with E-state index >= 15 is 0 Å². The summed E-state index contributed by atoms with van der Waals surface area (Å²) in [6, 6.07) is 1.90. The number of aromatic nitrogens is 2. The second-order valence-electron chi connectivity index (χ2n) is 3.94. The first-order chi connectivity index (χ1) is 9.65. The summed E-state index contributed by atoms with van der Waals surface area (Å²) in [5.74, 6) is 0. The highest BCUT2D eigenvalue weighted by atomic mass is 16.7. The highest BCUT2D eigenvalue weighted by Gasteiger charge is 2.21. The Morgan fingerprint density at radius 1 is 1.65 bits per heavy atom. The molecule has 0 N–H and O–H groups in total. The number of aryl methyl sites for hydroxylation is 1. The van der Waals surface area contributed by atoms with Crippen LogP contribution in [0.5, 0.6) is 0 Å². The zero-order valence-electron chi connectivity index (χ0n) is 11.2. The highest BCUT2D eigenvalue weighted by molar-refractivity contribution is 5.68. The third-order valence-corrected chi connectivity index (χ3v) is 2.55. The van der Waals surface area contributed by atoms with Crippen molar-refractivity contribution in [2.24, 2.45) is 12.0 Å². The van der Waals surface area contributed by atoms with Crippen LogP contribution in [0, 0.1) is 11.3 Å². The molecular weight excluding hydrogens is 264 g/mol. The zero-order chi connectivity index (χ0) is 14.5. The SMILES string of the molecule is CCOC(=O)/N=c1/c(C#N)nc(C2OCCO2)cn1C. The number of nitriles is 1. The molecule has 1 saturated heterocycles. The van der Waals surface area contributed by atoms with E-state index in [0.29, 0.717) is 18.9 Å². The average Bonchev–Trinajstić information content (AvgIpc) is 2.95. The van der Waals surface area contributed by atoms with Gasteiger partial charge in [0.2, 0.25) is 6.29 Å². The number of hydrogen-bond acceptors (Lipinski definition) is 6. The zero-order valence-corrected chi connectivity index (χ0v) is 11.2. The van der Waals surface area contributed by atoms with Gasteiger partial charge in [-0.2, -0.15) is 10.3 Å². The first-order valence-corrected chi connectivity index (χ1v) is 6.08. The Kier molecular flexibility index (Phi) is 4.45. The molecule has 0 saturated carbocycles. The number of carbonyl (C=O) groups excluding carboxylic acids is 1. The molecule has 0 aliphatic carbocycles. The smallest absolute Gasteiger partial charge is 0.435 e. The van der Waals surface area contributed by atoms with Crippen LogP contribution in [0.2, 0.25) is 0 Å². The van der Waals surface area contributed by atoms with E-state index in [1.807, 2.05) is 6.07 Å². The second-order valence-corrected chi connectivity index (χ2v) is 3.94. The number of amides is 1.